The van der Waals surface area contributed by atoms with Gasteiger partial charge >= 0.3 is 5.63 Å². The van der Waals surface area contributed by atoms with E-state index in [1.54, 1.807) is 52.8 Å². The molecule has 0 saturated carbocycles. The maximum Gasteiger partial charge on any atom is 0.336 e. The number of amides is 1. The minimum atomic E-state index is -0.429. The van der Waals surface area contributed by atoms with E-state index in [0.717, 1.165) is 10.3 Å². The standard InChI is InChI=1S/C21H17NO5S/c23-20(14-26-16-7-5-15-6-8-21(24)27-19(15)11-16)22(12-17-3-1-9-25-17)13-18-4-2-10-28-18/h1-11H,12-14H2. The number of ether oxygens (including phenoxy) is 1. The maximum absolute atomic E-state index is 12.8. The van der Waals surface area contributed by atoms with Gasteiger partial charge in [0.25, 0.3) is 5.91 Å². The molecule has 0 fully saturated rings. The van der Waals surface area contributed by atoms with E-state index < -0.39 is 5.63 Å². The van der Waals surface area contributed by atoms with Crippen LogP contribution >= 0.6 is 11.3 Å². The Kier molecular flexibility index (Phi) is 5.25. The molecule has 4 aromatic rings. The van der Waals surface area contributed by atoms with Gasteiger partial charge in [0.05, 0.1) is 19.4 Å². The minimum Gasteiger partial charge on any atom is -0.484 e. The summed E-state index contributed by atoms with van der Waals surface area (Å²) in [5, 5.41) is 2.76. The van der Waals surface area contributed by atoms with E-state index in [1.165, 1.54) is 6.07 Å². The highest BCUT2D eigenvalue weighted by molar-refractivity contribution is 7.09. The predicted molar refractivity (Wildman–Crippen MR) is 105 cm³/mol. The van der Waals surface area contributed by atoms with Crippen LogP contribution in [0, 0.1) is 0 Å². The summed E-state index contributed by atoms with van der Waals surface area (Å²) in [6.45, 7) is 0.710. The molecule has 1 aromatic carbocycles. The molecule has 0 saturated heterocycles. The Labute approximate surface area is 164 Å². The van der Waals surface area contributed by atoms with Crippen molar-refractivity contribution < 1.29 is 18.4 Å². The molecule has 0 unspecified atom stereocenters. The fourth-order valence-electron chi connectivity index (χ4n) is 2.78. The topological polar surface area (TPSA) is 72.9 Å². The molecule has 0 aliphatic carbocycles. The third kappa shape index (κ3) is 4.32. The van der Waals surface area contributed by atoms with Crippen molar-refractivity contribution in [2.75, 3.05) is 6.61 Å². The van der Waals surface area contributed by atoms with Crippen LogP contribution in [0.1, 0.15) is 10.6 Å². The average Bonchev–Trinajstić information content (AvgIpc) is 3.39. The van der Waals surface area contributed by atoms with Crippen molar-refractivity contribution >= 4 is 28.2 Å². The molecule has 0 spiro atoms. The number of hydrogen-bond acceptors (Lipinski definition) is 6. The number of rotatable bonds is 7. The summed E-state index contributed by atoms with van der Waals surface area (Å²) in [5.74, 6) is 1.00. The van der Waals surface area contributed by atoms with Gasteiger partial charge in [-0.15, -0.1) is 11.3 Å². The lowest BCUT2D eigenvalue weighted by Crippen LogP contribution is -2.33. The van der Waals surface area contributed by atoms with Crippen LogP contribution in [0.3, 0.4) is 0 Å². The summed E-state index contributed by atoms with van der Waals surface area (Å²) in [6, 6.07) is 15.7. The molecule has 3 aromatic heterocycles. The highest BCUT2D eigenvalue weighted by atomic mass is 32.1. The van der Waals surface area contributed by atoms with E-state index in [1.807, 2.05) is 23.6 Å². The van der Waals surface area contributed by atoms with E-state index in [4.69, 9.17) is 13.6 Å². The number of fused-ring (bicyclic) bond motifs is 1. The Morgan fingerprint density at radius 2 is 1.96 bits per heavy atom. The summed E-state index contributed by atoms with van der Waals surface area (Å²) in [6.07, 6.45) is 1.59. The van der Waals surface area contributed by atoms with Crippen LogP contribution in [0.15, 0.2) is 79.9 Å². The van der Waals surface area contributed by atoms with Crippen molar-refractivity contribution in [3.63, 3.8) is 0 Å². The number of carbonyl (C=O) groups excluding carboxylic acids is 1. The Morgan fingerprint density at radius 1 is 1.07 bits per heavy atom. The van der Waals surface area contributed by atoms with Gasteiger partial charge in [0.2, 0.25) is 0 Å². The van der Waals surface area contributed by atoms with Crippen LogP contribution in [0.2, 0.25) is 0 Å². The molecule has 142 valence electrons. The van der Waals surface area contributed by atoms with Gasteiger partial charge in [0.15, 0.2) is 6.61 Å². The summed E-state index contributed by atoms with van der Waals surface area (Å²) in [4.78, 5) is 26.9. The van der Waals surface area contributed by atoms with Crippen molar-refractivity contribution in [1.29, 1.82) is 0 Å². The van der Waals surface area contributed by atoms with E-state index >= 15 is 0 Å². The average molecular weight is 395 g/mol. The largest absolute Gasteiger partial charge is 0.484 e. The van der Waals surface area contributed by atoms with E-state index in [-0.39, 0.29) is 12.5 Å². The van der Waals surface area contributed by atoms with Crippen molar-refractivity contribution in [3.8, 4) is 5.75 Å². The first kappa shape index (κ1) is 18.1. The van der Waals surface area contributed by atoms with Crippen molar-refractivity contribution in [2.24, 2.45) is 0 Å². The highest BCUT2D eigenvalue weighted by Gasteiger charge is 2.17. The van der Waals surface area contributed by atoms with Gasteiger partial charge in [-0.05, 0) is 41.8 Å². The van der Waals surface area contributed by atoms with Gasteiger partial charge in [-0.2, -0.15) is 0 Å². The smallest absolute Gasteiger partial charge is 0.336 e. The maximum atomic E-state index is 12.8. The molecule has 0 aliphatic rings. The molecule has 6 nitrogen and oxygen atoms in total. The van der Waals surface area contributed by atoms with Crippen LogP contribution in [0.25, 0.3) is 11.0 Å². The summed E-state index contributed by atoms with van der Waals surface area (Å²) >= 11 is 1.59. The van der Waals surface area contributed by atoms with Gasteiger partial charge in [-0.3, -0.25) is 4.79 Å². The SMILES string of the molecule is O=C(COc1ccc2ccc(=O)oc2c1)N(Cc1ccco1)Cc1cccs1. The number of benzene rings is 1. The molecule has 28 heavy (non-hydrogen) atoms. The highest BCUT2D eigenvalue weighted by Crippen LogP contribution is 2.20. The fourth-order valence-corrected chi connectivity index (χ4v) is 3.50. The summed E-state index contributed by atoms with van der Waals surface area (Å²) < 4.78 is 16.2. The second-order valence-electron chi connectivity index (χ2n) is 6.15. The van der Waals surface area contributed by atoms with Crippen LogP contribution in [-0.2, 0) is 17.9 Å². The molecule has 1 amide bonds. The molecule has 0 aliphatic heterocycles. The third-order valence-corrected chi connectivity index (χ3v) is 5.02. The zero-order valence-electron chi connectivity index (χ0n) is 14.9. The Morgan fingerprint density at radius 3 is 2.75 bits per heavy atom. The first-order chi connectivity index (χ1) is 13.7. The van der Waals surface area contributed by atoms with Gasteiger partial charge < -0.3 is 18.5 Å². The molecular weight excluding hydrogens is 378 g/mol. The lowest BCUT2D eigenvalue weighted by atomic mass is 10.2. The quantitative estimate of drug-likeness (QED) is 0.441. The first-order valence-electron chi connectivity index (χ1n) is 8.67. The monoisotopic (exact) mass is 395 g/mol. The Balaban J connectivity index is 1.46. The Hall–Kier alpha value is -3.32. The molecular formula is C21H17NO5S. The number of thiophene rings is 1. The number of carbonyl (C=O) groups is 1. The van der Waals surface area contributed by atoms with E-state index in [9.17, 15) is 9.59 Å². The van der Waals surface area contributed by atoms with E-state index in [2.05, 4.69) is 0 Å². The normalized spacial score (nSPS) is 10.9. The number of nitrogens with zero attached hydrogens (tertiary/aromatic N) is 1. The zero-order valence-corrected chi connectivity index (χ0v) is 15.7. The second kappa shape index (κ2) is 8.14. The van der Waals surface area contributed by atoms with Crippen LogP contribution in [0.5, 0.6) is 5.75 Å². The van der Waals surface area contributed by atoms with Crippen LogP contribution in [-0.4, -0.2) is 17.4 Å². The van der Waals surface area contributed by atoms with Crippen LogP contribution < -0.4 is 10.4 Å². The molecule has 0 radical (unpaired) electrons. The molecule has 0 N–H and O–H groups in total. The van der Waals surface area contributed by atoms with Crippen molar-refractivity contribution in [2.45, 2.75) is 13.1 Å². The predicted octanol–water partition coefficient (Wildman–Crippen LogP) is 4.06. The molecule has 3 heterocycles. The van der Waals surface area contributed by atoms with Crippen molar-refractivity contribution in [1.82, 2.24) is 4.90 Å². The van der Waals surface area contributed by atoms with Gasteiger partial charge in [0.1, 0.15) is 17.1 Å². The first-order valence-corrected chi connectivity index (χ1v) is 9.54. The second-order valence-corrected chi connectivity index (χ2v) is 7.18. The zero-order chi connectivity index (χ0) is 19.3. The van der Waals surface area contributed by atoms with E-state index in [0.29, 0.717) is 30.2 Å². The van der Waals surface area contributed by atoms with Crippen LogP contribution in [0.4, 0.5) is 0 Å². The molecule has 4 rings (SSSR count). The lowest BCUT2D eigenvalue weighted by Gasteiger charge is -2.21. The minimum absolute atomic E-state index is 0.130. The van der Waals surface area contributed by atoms with Gasteiger partial charge in [-0.1, -0.05) is 6.07 Å². The third-order valence-electron chi connectivity index (χ3n) is 4.16. The fraction of sp³-hybridized carbons (Fsp3) is 0.143. The number of hydrogen-bond donors (Lipinski definition) is 0. The van der Waals surface area contributed by atoms with Gasteiger partial charge in [-0.25, -0.2) is 4.79 Å². The molecule has 0 bridgehead atoms. The summed E-state index contributed by atoms with van der Waals surface area (Å²) in [5.41, 5.74) is -0.00947. The molecule has 7 heteroatoms. The number of furan rings is 1. The summed E-state index contributed by atoms with van der Waals surface area (Å²) in [7, 11) is 0. The van der Waals surface area contributed by atoms with Gasteiger partial charge in [0, 0.05) is 22.4 Å². The lowest BCUT2D eigenvalue weighted by molar-refractivity contribution is -0.134. The van der Waals surface area contributed by atoms with Crippen molar-refractivity contribution in [3.05, 3.63) is 87.3 Å². The molecule has 0 atom stereocenters. The Bertz CT molecular complexity index is 1080.